The van der Waals surface area contributed by atoms with Crippen LogP contribution in [0.1, 0.15) is 43.6 Å². The Labute approximate surface area is 162 Å². The normalized spacial score (nSPS) is 23.2. The molecular weight excluding hydrogens is 334 g/mol. The minimum Gasteiger partial charge on any atom is -0.309 e. The van der Waals surface area contributed by atoms with Crippen molar-refractivity contribution in [1.29, 1.82) is 0 Å². The number of rotatable bonds is 4. The summed E-state index contributed by atoms with van der Waals surface area (Å²) in [7, 11) is 2.17. The lowest BCUT2D eigenvalue weighted by Crippen LogP contribution is -2.49. The number of aryl methyl sites for hydroxylation is 1. The van der Waals surface area contributed by atoms with Gasteiger partial charge in [-0.05, 0) is 44.5 Å². The van der Waals surface area contributed by atoms with Crippen molar-refractivity contribution in [3.63, 3.8) is 0 Å². The molecule has 1 saturated carbocycles. The number of anilines is 1. The van der Waals surface area contributed by atoms with Gasteiger partial charge in [0.15, 0.2) is 0 Å². The smallest absolute Gasteiger partial charge is 0.230 e. The lowest BCUT2D eigenvalue weighted by Gasteiger charge is -2.42. The number of nitrogens with zero attached hydrogens (tertiary/aromatic N) is 3. The van der Waals surface area contributed by atoms with E-state index in [1.165, 1.54) is 5.56 Å². The van der Waals surface area contributed by atoms with Crippen molar-refractivity contribution >= 4 is 11.6 Å². The van der Waals surface area contributed by atoms with Crippen LogP contribution in [0.3, 0.4) is 0 Å². The molecule has 1 aromatic heterocycles. The van der Waals surface area contributed by atoms with Crippen LogP contribution in [0.2, 0.25) is 0 Å². The molecule has 1 amide bonds. The zero-order valence-corrected chi connectivity index (χ0v) is 16.8. The lowest BCUT2D eigenvalue weighted by atomic mass is 9.78. The second-order valence-corrected chi connectivity index (χ2v) is 8.85. The fraction of sp³-hybridized carbons (Fsp3) is 0.478. The van der Waals surface area contributed by atoms with Gasteiger partial charge in [-0.15, -0.1) is 0 Å². The van der Waals surface area contributed by atoms with E-state index >= 15 is 0 Å². The molecule has 0 atom stereocenters. The highest BCUT2D eigenvalue weighted by atomic mass is 16.2. The number of amides is 1. The Hall–Kier alpha value is -2.20. The molecule has 2 heterocycles. The van der Waals surface area contributed by atoms with E-state index in [-0.39, 0.29) is 17.2 Å². The van der Waals surface area contributed by atoms with Crippen molar-refractivity contribution < 1.29 is 4.79 Å². The van der Waals surface area contributed by atoms with Gasteiger partial charge in [0.1, 0.15) is 0 Å². The van der Waals surface area contributed by atoms with Gasteiger partial charge < -0.3 is 4.90 Å². The van der Waals surface area contributed by atoms with Gasteiger partial charge in [-0.2, -0.15) is 0 Å². The standard InChI is InChI=1S/C23H29N3O/c1-16-10-11-20-21(24-16)23(2,3)15-26(20)22(27)18-12-19(13-18)25(4)14-17-8-6-5-7-9-17/h5-11,18-19H,12-15H2,1-4H3. The van der Waals surface area contributed by atoms with E-state index in [1.807, 2.05) is 24.0 Å². The van der Waals surface area contributed by atoms with Crippen molar-refractivity contribution in [2.75, 3.05) is 18.5 Å². The summed E-state index contributed by atoms with van der Waals surface area (Å²) < 4.78 is 0. The first kappa shape index (κ1) is 18.2. The molecule has 2 aliphatic rings. The molecule has 0 unspecified atom stereocenters. The summed E-state index contributed by atoms with van der Waals surface area (Å²) in [6, 6.07) is 15.1. The van der Waals surface area contributed by atoms with Crippen LogP contribution in [0.25, 0.3) is 0 Å². The van der Waals surface area contributed by atoms with Crippen LogP contribution >= 0.6 is 0 Å². The van der Waals surface area contributed by atoms with Crippen LogP contribution in [-0.2, 0) is 16.8 Å². The molecule has 0 bridgehead atoms. The number of fused-ring (bicyclic) bond motifs is 1. The maximum atomic E-state index is 13.2. The Morgan fingerprint density at radius 1 is 1.19 bits per heavy atom. The zero-order chi connectivity index (χ0) is 19.2. The van der Waals surface area contributed by atoms with Gasteiger partial charge in [-0.3, -0.25) is 14.7 Å². The van der Waals surface area contributed by atoms with Gasteiger partial charge in [-0.25, -0.2) is 0 Å². The first-order chi connectivity index (χ1) is 12.8. The molecule has 1 fully saturated rings. The molecule has 4 nitrogen and oxygen atoms in total. The number of carbonyl (C=O) groups is 1. The highest BCUT2D eigenvalue weighted by molar-refractivity contribution is 5.98. The molecule has 2 aromatic rings. The number of carbonyl (C=O) groups excluding carboxylic acids is 1. The topological polar surface area (TPSA) is 36.4 Å². The van der Waals surface area contributed by atoms with E-state index in [9.17, 15) is 4.79 Å². The number of pyridine rings is 1. The fourth-order valence-electron chi connectivity index (χ4n) is 4.39. The maximum absolute atomic E-state index is 13.2. The molecule has 4 rings (SSSR count). The van der Waals surface area contributed by atoms with Crippen LogP contribution < -0.4 is 4.90 Å². The third kappa shape index (κ3) is 3.39. The number of aromatic nitrogens is 1. The van der Waals surface area contributed by atoms with E-state index in [1.54, 1.807) is 0 Å². The van der Waals surface area contributed by atoms with Gasteiger partial charge in [0.05, 0.1) is 11.4 Å². The van der Waals surface area contributed by atoms with E-state index in [2.05, 4.69) is 56.1 Å². The molecule has 0 N–H and O–H groups in total. The molecule has 1 aliphatic carbocycles. The molecule has 27 heavy (non-hydrogen) atoms. The molecular formula is C23H29N3O. The Balaban J connectivity index is 1.40. The summed E-state index contributed by atoms with van der Waals surface area (Å²) >= 11 is 0. The zero-order valence-electron chi connectivity index (χ0n) is 16.8. The Morgan fingerprint density at radius 3 is 2.59 bits per heavy atom. The molecule has 0 saturated heterocycles. The molecule has 142 valence electrons. The van der Waals surface area contributed by atoms with E-state index in [4.69, 9.17) is 4.98 Å². The lowest BCUT2D eigenvalue weighted by molar-refractivity contribution is -0.127. The van der Waals surface area contributed by atoms with Crippen molar-refractivity contribution in [3.8, 4) is 0 Å². The second-order valence-electron chi connectivity index (χ2n) is 8.85. The van der Waals surface area contributed by atoms with E-state index in [0.717, 1.165) is 43.0 Å². The van der Waals surface area contributed by atoms with Crippen molar-refractivity contribution in [2.24, 2.45) is 5.92 Å². The van der Waals surface area contributed by atoms with Crippen LogP contribution in [0.5, 0.6) is 0 Å². The third-order valence-electron chi connectivity index (χ3n) is 6.13. The predicted octanol–water partition coefficient (Wildman–Crippen LogP) is 3.92. The summed E-state index contributed by atoms with van der Waals surface area (Å²) in [5, 5.41) is 0. The summed E-state index contributed by atoms with van der Waals surface area (Å²) in [5.41, 5.74) is 4.34. The third-order valence-corrected chi connectivity index (χ3v) is 6.13. The van der Waals surface area contributed by atoms with E-state index < -0.39 is 0 Å². The molecule has 4 heteroatoms. The second kappa shape index (κ2) is 6.75. The van der Waals surface area contributed by atoms with Crippen LogP contribution in [0.15, 0.2) is 42.5 Å². The minimum absolute atomic E-state index is 0.0791. The largest absolute Gasteiger partial charge is 0.309 e. The van der Waals surface area contributed by atoms with Crippen molar-refractivity contribution in [2.45, 2.75) is 51.6 Å². The summed E-state index contributed by atoms with van der Waals surface area (Å²) in [6.45, 7) is 8.05. The Kier molecular flexibility index (Phi) is 4.55. The van der Waals surface area contributed by atoms with Gasteiger partial charge in [-0.1, -0.05) is 44.2 Å². The minimum atomic E-state index is -0.0791. The highest BCUT2D eigenvalue weighted by Crippen LogP contribution is 2.42. The molecule has 0 radical (unpaired) electrons. The van der Waals surface area contributed by atoms with Gasteiger partial charge in [0.25, 0.3) is 0 Å². The van der Waals surface area contributed by atoms with Crippen LogP contribution in [0, 0.1) is 12.8 Å². The number of benzene rings is 1. The average molecular weight is 364 g/mol. The van der Waals surface area contributed by atoms with E-state index in [0.29, 0.717) is 6.04 Å². The SMILES string of the molecule is Cc1ccc2c(n1)C(C)(C)CN2C(=O)C1CC(N(C)Cc2ccccc2)C1. The number of hydrogen-bond acceptors (Lipinski definition) is 3. The predicted molar refractivity (Wildman–Crippen MR) is 109 cm³/mol. The van der Waals surface area contributed by atoms with Crippen LogP contribution in [-0.4, -0.2) is 35.4 Å². The van der Waals surface area contributed by atoms with Gasteiger partial charge >= 0.3 is 0 Å². The Bertz CT molecular complexity index is 840. The maximum Gasteiger partial charge on any atom is 0.230 e. The summed E-state index contributed by atoms with van der Waals surface area (Å²) in [5.74, 6) is 0.410. The van der Waals surface area contributed by atoms with Gasteiger partial charge in [0, 0.05) is 36.2 Å². The molecule has 1 aromatic carbocycles. The number of hydrogen-bond donors (Lipinski definition) is 0. The average Bonchev–Trinajstić information content (AvgIpc) is 2.85. The summed E-state index contributed by atoms with van der Waals surface area (Å²) in [6.07, 6.45) is 1.90. The van der Waals surface area contributed by atoms with Crippen molar-refractivity contribution in [1.82, 2.24) is 9.88 Å². The fourth-order valence-corrected chi connectivity index (χ4v) is 4.39. The Morgan fingerprint density at radius 2 is 1.89 bits per heavy atom. The molecule has 1 aliphatic heterocycles. The monoisotopic (exact) mass is 363 g/mol. The first-order valence-corrected chi connectivity index (χ1v) is 9.89. The summed E-state index contributed by atoms with van der Waals surface area (Å²) in [4.78, 5) is 22.3. The van der Waals surface area contributed by atoms with Crippen molar-refractivity contribution in [3.05, 3.63) is 59.4 Å². The molecule has 0 spiro atoms. The van der Waals surface area contributed by atoms with Gasteiger partial charge in [0.2, 0.25) is 5.91 Å². The van der Waals surface area contributed by atoms with Crippen LogP contribution in [0.4, 0.5) is 5.69 Å². The quantitative estimate of drug-likeness (QED) is 0.826. The highest BCUT2D eigenvalue weighted by Gasteiger charge is 2.45. The first-order valence-electron chi connectivity index (χ1n) is 9.89.